The Labute approximate surface area is 221 Å². The first kappa shape index (κ1) is 24.5. The minimum Gasteiger partial charge on any atom is -0.390 e. The van der Waals surface area contributed by atoms with Crippen molar-refractivity contribution in [1.82, 2.24) is 19.9 Å². The van der Waals surface area contributed by atoms with Gasteiger partial charge in [0, 0.05) is 61.4 Å². The van der Waals surface area contributed by atoms with E-state index in [1.165, 1.54) is 22.2 Å². The number of aromatic nitrogens is 4. The zero-order valence-corrected chi connectivity index (χ0v) is 21.6. The van der Waals surface area contributed by atoms with E-state index in [-0.39, 0.29) is 6.54 Å². The van der Waals surface area contributed by atoms with Crippen molar-refractivity contribution in [3.63, 3.8) is 0 Å². The Bertz CT molecular complexity index is 1430. The fourth-order valence-corrected chi connectivity index (χ4v) is 5.37. The fourth-order valence-electron chi connectivity index (χ4n) is 5.37. The predicted octanol–water partition coefficient (Wildman–Crippen LogP) is 4.80. The minimum absolute atomic E-state index is 0.0809. The van der Waals surface area contributed by atoms with E-state index in [0.717, 1.165) is 18.5 Å². The second kappa shape index (κ2) is 10.1. The number of aliphatic hydroxyl groups excluding tert-OH is 1. The van der Waals surface area contributed by atoms with Gasteiger partial charge in [0.1, 0.15) is 17.8 Å². The summed E-state index contributed by atoms with van der Waals surface area (Å²) in [6.45, 7) is 6.91. The summed E-state index contributed by atoms with van der Waals surface area (Å²) in [6, 6.07) is 12.5. The van der Waals surface area contributed by atoms with Crippen molar-refractivity contribution in [2.24, 2.45) is 0 Å². The van der Waals surface area contributed by atoms with Gasteiger partial charge in [-0.3, -0.25) is 4.98 Å². The largest absolute Gasteiger partial charge is 0.390 e. The van der Waals surface area contributed by atoms with Crippen molar-refractivity contribution in [3.8, 4) is 0 Å². The lowest BCUT2D eigenvalue weighted by atomic mass is 9.90. The van der Waals surface area contributed by atoms with Gasteiger partial charge in [0.25, 0.3) is 0 Å². The average molecular weight is 514 g/mol. The molecule has 5 heterocycles. The molecule has 4 aromatic rings. The summed E-state index contributed by atoms with van der Waals surface area (Å²) < 4.78 is 14.1. The first-order valence-corrected chi connectivity index (χ1v) is 13.2. The molecule has 2 unspecified atom stereocenters. The number of alkyl halides is 1. The van der Waals surface area contributed by atoms with Gasteiger partial charge >= 0.3 is 0 Å². The van der Waals surface area contributed by atoms with Crippen molar-refractivity contribution < 1.29 is 9.50 Å². The van der Waals surface area contributed by atoms with Crippen LogP contribution >= 0.6 is 0 Å². The average Bonchev–Trinajstić information content (AvgIpc) is 2.90. The quantitative estimate of drug-likeness (QED) is 0.380. The van der Waals surface area contributed by atoms with Gasteiger partial charge in [-0.15, -0.1) is 0 Å². The van der Waals surface area contributed by atoms with E-state index in [4.69, 9.17) is 4.98 Å². The highest BCUT2D eigenvalue weighted by Gasteiger charge is 2.30. The normalized spacial score (nSPS) is 20.1. The van der Waals surface area contributed by atoms with Crippen molar-refractivity contribution in [2.45, 2.75) is 44.4 Å². The van der Waals surface area contributed by atoms with Gasteiger partial charge in [0.05, 0.1) is 12.6 Å². The van der Waals surface area contributed by atoms with Crippen LogP contribution in [0.4, 0.5) is 27.7 Å². The SMILES string of the molecule is CC(C)c1ccc(N2CC(c3cccnc3)C2)c2cnc(Nc3ccnc(N4CCC(O)C(F)C4)n3)cc12. The maximum atomic E-state index is 14.1. The maximum Gasteiger partial charge on any atom is 0.227 e. The Morgan fingerprint density at radius 1 is 0.974 bits per heavy atom. The number of nitrogens with zero attached hydrogens (tertiary/aromatic N) is 6. The molecule has 0 spiro atoms. The Hall–Kier alpha value is -3.85. The lowest BCUT2D eigenvalue weighted by Gasteiger charge is -2.42. The molecule has 9 heteroatoms. The Morgan fingerprint density at radius 3 is 2.61 bits per heavy atom. The molecule has 2 aliphatic heterocycles. The zero-order valence-electron chi connectivity index (χ0n) is 21.6. The lowest BCUT2D eigenvalue weighted by molar-refractivity contribution is 0.0612. The third-order valence-electron chi connectivity index (χ3n) is 7.60. The van der Waals surface area contributed by atoms with Crippen LogP contribution in [-0.2, 0) is 0 Å². The van der Waals surface area contributed by atoms with Crippen LogP contribution in [0.2, 0.25) is 0 Å². The van der Waals surface area contributed by atoms with E-state index in [0.29, 0.717) is 42.4 Å². The lowest BCUT2D eigenvalue weighted by Crippen LogP contribution is -2.45. The molecule has 2 N–H and O–H groups in total. The molecule has 0 aliphatic carbocycles. The molecular weight excluding hydrogens is 481 g/mol. The van der Waals surface area contributed by atoms with Crippen LogP contribution in [0, 0.1) is 0 Å². The first-order chi connectivity index (χ1) is 18.5. The van der Waals surface area contributed by atoms with E-state index in [1.54, 1.807) is 17.2 Å². The van der Waals surface area contributed by atoms with E-state index < -0.39 is 12.3 Å². The molecular formula is C29H32FN7O. The van der Waals surface area contributed by atoms with Crippen LogP contribution in [-0.4, -0.2) is 63.5 Å². The summed E-state index contributed by atoms with van der Waals surface area (Å²) in [5.41, 5.74) is 3.74. The van der Waals surface area contributed by atoms with Gasteiger partial charge in [-0.05, 0) is 53.1 Å². The molecule has 1 aromatic carbocycles. The van der Waals surface area contributed by atoms with Gasteiger partial charge < -0.3 is 20.2 Å². The second-order valence-electron chi connectivity index (χ2n) is 10.5. The summed E-state index contributed by atoms with van der Waals surface area (Å²) in [5, 5.41) is 15.3. The van der Waals surface area contributed by atoms with Crippen LogP contribution in [0.25, 0.3) is 10.8 Å². The molecule has 2 atom stereocenters. The van der Waals surface area contributed by atoms with Crippen LogP contribution in [0.5, 0.6) is 0 Å². The summed E-state index contributed by atoms with van der Waals surface area (Å²) in [7, 11) is 0. The molecule has 0 amide bonds. The topological polar surface area (TPSA) is 90.3 Å². The molecule has 38 heavy (non-hydrogen) atoms. The van der Waals surface area contributed by atoms with Gasteiger partial charge in [-0.2, -0.15) is 4.98 Å². The van der Waals surface area contributed by atoms with Crippen molar-refractivity contribution >= 4 is 34.0 Å². The van der Waals surface area contributed by atoms with Gasteiger partial charge in [-0.1, -0.05) is 26.0 Å². The number of fused-ring (bicyclic) bond motifs is 1. The van der Waals surface area contributed by atoms with E-state index in [9.17, 15) is 9.50 Å². The number of nitrogens with one attached hydrogen (secondary N) is 1. The second-order valence-corrected chi connectivity index (χ2v) is 10.5. The molecule has 2 saturated heterocycles. The molecule has 6 rings (SSSR count). The Balaban J connectivity index is 1.25. The van der Waals surface area contributed by atoms with Crippen molar-refractivity contribution in [3.05, 3.63) is 72.3 Å². The molecule has 196 valence electrons. The van der Waals surface area contributed by atoms with E-state index >= 15 is 0 Å². The third kappa shape index (κ3) is 4.74. The van der Waals surface area contributed by atoms with Gasteiger partial charge in [0.15, 0.2) is 0 Å². The van der Waals surface area contributed by atoms with Gasteiger partial charge in [-0.25, -0.2) is 14.4 Å². The van der Waals surface area contributed by atoms with Gasteiger partial charge in [0.2, 0.25) is 5.95 Å². The number of aliphatic hydroxyl groups is 1. The molecule has 2 aliphatic rings. The van der Waals surface area contributed by atoms with E-state index in [1.807, 2.05) is 24.7 Å². The molecule has 0 saturated carbocycles. The number of pyridine rings is 2. The van der Waals surface area contributed by atoms with E-state index in [2.05, 4.69) is 63.3 Å². The summed E-state index contributed by atoms with van der Waals surface area (Å²) >= 11 is 0. The highest BCUT2D eigenvalue weighted by molar-refractivity contribution is 5.98. The smallest absolute Gasteiger partial charge is 0.227 e. The van der Waals surface area contributed by atoms with Crippen molar-refractivity contribution in [2.75, 3.05) is 41.3 Å². The number of benzene rings is 1. The predicted molar refractivity (Wildman–Crippen MR) is 148 cm³/mol. The number of hydrogen-bond acceptors (Lipinski definition) is 8. The number of piperidine rings is 1. The number of rotatable bonds is 6. The Morgan fingerprint density at radius 2 is 1.84 bits per heavy atom. The van der Waals surface area contributed by atoms with Crippen LogP contribution in [0.1, 0.15) is 43.2 Å². The van der Waals surface area contributed by atoms with Crippen molar-refractivity contribution in [1.29, 1.82) is 0 Å². The van der Waals surface area contributed by atoms with Crippen LogP contribution in [0.15, 0.2) is 61.2 Å². The standard InChI is InChI=1S/C29H32FN7O/c1-18(2)21-5-6-25(37-15-20(16-37)19-4-3-9-31-13-19)23-14-33-28(12-22(21)23)34-27-7-10-32-29(35-27)36-11-8-26(38)24(30)17-36/h3-7,9-10,12-14,18,20,24,26,38H,8,11,15-17H2,1-2H3,(H,32,33,34,35). The number of anilines is 4. The fraction of sp³-hybridized carbons (Fsp3) is 0.379. The van der Waals surface area contributed by atoms with Crippen LogP contribution < -0.4 is 15.1 Å². The molecule has 2 fully saturated rings. The Kier molecular flexibility index (Phi) is 6.53. The third-order valence-corrected chi connectivity index (χ3v) is 7.60. The molecule has 0 bridgehead atoms. The summed E-state index contributed by atoms with van der Waals surface area (Å²) in [4.78, 5) is 22.1. The monoisotopic (exact) mass is 513 g/mol. The highest BCUT2D eigenvalue weighted by atomic mass is 19.1. The molecule has 0 radical (unpaired) electrons. The zero-order chi connectivity index (χ0) is 26.2. The summed E-state index contributed by atoms with van der Waals surface area (Å²) in [6.07, 6.45) is 5.50. The molecule has 3 aromatic heterocycles. The minimum atomic E-state index is -1.30. The number of hydrogen-bond donors (Lipinski definition) is 2. The van der Waals surface area contributed by atoms with Crippen LogP contribution in [0.3, 0.4) is 0 Å². The molecule has 8 nitrogen and oxygen atoms in total. The maximum absolute atomic E-state index is 14.1. The highest BCUT2D eigenvalue weighted by Crippen LogP contribution is 2.39. The first-order valence-electron chi connectivity index (χ1n) is 13.2. The summed E-state index contributed by atoms with van der Waals surface area (Å²) in [5.74, 6) is 2.56. The number of halogens is 1.